The van der Waals surface area contributed by atoms with E-state index in [9.17, 15) is 8.42 Å². The van der Waals surface area contributed by atoms with Gasteiger partial charge in [0.15, 0.2) is 11.5 Å². The second kappa shape index (κ2) is 7.88. The van der Waals surface area contributed by atoms with E-state index >= 15 is 0 Å². The number of benzene rings is 2. The predicted molar refractivity (Wildman–Crippen MR) is 90.1 cm³/mol. The molecule has 8 heteroatoms. The summed E-state index contributed by atoms with van der Waals surface area (Å²) in [6.07, 6.45) is 0. The molecular weight excluding hydrogens is 361 g/mol. The molecule has 0 spiro atoms. The summed E-state index contributed by atoms with van der Waals surface area (Å²) >= 11 is 11.7. The molecular formula is C15H15Cl2NO4S. The average molecular weight is 376 g/mol. The number of nitrogens with one attached hydrogen (secondary N) is 1. The van der Waals surface area contributed by atoms with Crippen molar-refractivity contribution in [2.45, 2.75) is 4.90 Å². The molecule has 0 aromatic heterocycles. The van der Waals surface area contributed by atoms with Gasteiger partial charge in [0.2, 0.25) is 10.0 Å². The van der Waals surface area contributed by atoms with E-state index < -0.39 is 10.0 Å². The van der Waals surface area contributed by atoms with E-state index in [1.54, 1.807) is 18.2 Å². The molecule has 1 N–H and O–H groups in total. The van der Waals surface area contributed by atoms with Crippen molar-refractivity contribution in [2.24, 2.45) is 0 Å². The second-order valence-electron chi connectivity index (χ2n) is 4.47. The Morgan fingerprint density at radius 1 is 1.09 bits per heavy atom. The topological polar surface area (TPSA) is 64.6 Å². The van der Waals surface area contributed by atoms with Crippen molar-refractivity contribution >= 4 is 33.2 Å². The molecule has 2 rings (SSSR count). The summed E-state index contributed by atoms with van der Waals surface area (Å²) in [6.45, 7) is 0.209. The lowest BCUT2D eigenvalue weighted by Crippen LogP contribution is -2.28. The lowest BCUT2D eigenvalue weighted by atomic mass is 10.3. The summed E-state index contributed by atoms with van der Waals surface area (Å²) in [5.41, 5.74) is 0. The van der Waals surface area contributed by atoms with E-state index in [1.807, 2.05) is 6.07 Å². The first-order valence-electron chi connectivity index (χ1n) is 6.64. The molecule has 0 radical (unpaired) electrons. The maximum Gasteiger partial charge on any atom is 0.242 e. The third-order valence-electron chi connectivity index (χ3n) is 2.90. The van der Waals surface area contributed by atoms with E-state index in [4.69, 9.17) is 32.7 Å². The quantitative estimate of drug-likeness (QED) is 0.753. The van der Waals surface area contributed by atoms with Gasteiger partial charge in [0.1, 0.15) is 11.5 Å². The molecule has 0 fully saturated rings. The second-order valence-corrected chi connectivity index (χ2v) is 7.05. The van der Waals surface area contributed by atoms with Gasteiger partial charge in [-0.15, -0.1) is 0 Å². The summed E-state index contributed by atoms with van der Waals surface area (Å²) < 4.78 is 37.5. The molecule has 0 saturated carbocycles. The SMILES string of the molecule is COc1ccccc1OCCNS(=O)(=O)c1cc(Cl)ccc1Cl. The highest BCUT2D eigenvalue weighted by Gasteiger charge is 2.18. The molecule has 0 saturated heterocycles. The van der Waals surface area contributed by atoms with E-state index in [0.717, 1.165) is 0 Å². The smallest absolute Gasteiger partial charge is 0.242 e. The molecule has 0 bridgehead atoms. The molecule has 0 aliphatic rings. The van der Waals surface area contributed by atoms with Gasteiger partial charge >= 0.3 is 0 Å². The lowest BCUT2D eigenvalue weighted by molar-refractivity contribution is 0.299. The van der Waals surface area contributed by atoms with E-state index in [1.165, 1.54) is 25.3 Å². The fraction of sp³-hybridized carbons (Fsp3) is 0.200. The molecule has 0 heterocycles. The molecule has 124 valence electrons. The minimum absolute atomic E-state index is 0.0658. The number of methoxy groups -OCH3 is 1. The van der Waals surface area contributed by atoms with Crippen LogP contribution in [0.2, 0.25) is 10.0 Å². The Kier molecular flexibility index (Phi) is 6.12. The van der Waals surface area contributed by atoms with Crippen molar-refractivity contribution < 1.29 is 17.9 Å². The van der Waals surface area contributed by atoms with Crippen LogP contribution < -0.4 is 14.2 Å². The van der Waals surface area contributed by atoms with Crippen LogP contribution in [0, 0.1) is 0 Å². The summed E-state index contributed by atoms with van der Waals surface area (Å²) in [7, 11) is -2.23. The zero-order valence-corrected chi connectivity index (χ0v) is 14.6. The van der Waals surface area contributed by atoms with Gasteiger partial charge in [-0.05, 0) is 30.3 Å². The van der Waals surface area contributed by atoms with Crippen molar-refractivity contribution in [2.75, 3.05) is 20.3 Å². The number of halogens is 2. The number of ether oxygens (including phenoxy) is 2. The Morgan fingerprint density at radius 2 is 1.78 bits per heavy atom. The van der Waals surface area contributed by atoms with Gasteiger partial charge in [0.05, 0.1) is 12.1 Å². The number of hydrogen-bond donors (Lipinski definition) is 1. The molecule has 0 unspecified atom stereocenters. The maximum atomic E-state index is 12.2. The van der Waals surface area contributed by atoms with Crippen LogP contribution in [-0.2, 0) is 10.0 Å². The number of para-hydroxylation sites is 2. The highest BCUT2D eigenvalue weighted by atomic mass is 35.5. The maximum absolute atomic E-state index is 12.2. The third-order valence-corrected chi connectivity index (χ3v) is 5.08. The van der Waals surface area contributed by atoms with Gasteiger partial charge in [0, 0.05) is 11.6 Å². The van der Waals surface area contributed by atoms with Crippen LogP contribution in [-0.4, -0.2) is 28.7 Å². The summed E-state index contributed by atoms with van der Waals surface area (Å²) in [5, 5.41) is 0.396. The van der Waals surface area contributed by atoms with Crippen LogP contribution in [0.1, 0.15) is 0 Å². The van der Waals surface area contributed by atoms with Crippen LogP contribution in [0.4, 0.5) is 0 Å². The van der Waals surface area contributed by atoms with Gasteiger partial charge in [-0.1, -0.05) is 35.3 Å². The van der Waals surface area contributed by atoms with Crippen molar-refractivity contribution in [3.05, 3.63) is 52.5 Å². The van der Waals surface area contributed by atoms with Crippen LogP contribution in [0.5, 0.6) is 11.5 Å². The van der Waals surface area contributed by atoms with Crippen LogP contribution in [0.3, 0.4) is 0 Å². The Morgan fingerprint density at radius 3 is 2.48 bits per heavy atom. The first-order valence-corrected chi connectivity index (χ1v) is 8.88. The van der Waals surface area contributed by atoms with Crippen molar-refractivity contribution in [1.82, 2.24) is 4.72 Å². The first-order chi connectivity index (χ1) is 10.9. The van der Waals surface area contributed by atoms with E-state index in [-0.39, 0.29) is 23.1 Å². The third kappa shape index (κ3) is 4.75. The van der Waals surface area contributed by atoms with Crippen molar-refractivity contribution in [3.8, 4) is 11.5 Å². The predicted octanol–water partition coefficient (Wildman–Crippen LogP) is 3.36. The van der Waals surface area contributed by atoms with Gasteiger partial charge in [-0.3, -0.25) is 0 Å². The summed E-state index contributed by atoms with van der Waals surface area (Å²) in [4.78, 5) is -0.0658. The number of rotatable bonds is 7. The standard InChI is InChI=1S/C15H15Cl2NO4S/c1-21-13-4-2-3-5-14(13)22-9-8-18-23(19,20)15-10-11(16)6-7-12(15)17/h2-7,10,18H,8-9H2,1H3. The average Bonchev–Trinajstić information content (AvgIpc) is 2.54. The highest BCUT2D eigenvalue weighted by molar-refractivity contribution is 7.89. The minimum atomic E-state index is -3.76. The van der Waals surface area contributed by atoms with E-state index in [2.05, 4.69) is 4.72 Å². The molecule has 0 atom stereocenters. The van der Waals surface area contributed by atoms with Gasteiger partial charge in [0.25, 0.3) is 0 Å². The molecule has 0 aliphatic heterocycles. The number of hydrogen-bond acceptors (Lipinski definition) is 4. The Labute approximate surface area is 145 Å². The van der Waals surface area contributed by atoms with Crippen LogP contribution in [0.25, 0.3) is 0 Å². The zero-order chi connectivity index (χ0) is 16.9. The zero-order valence-electron chi connectivity index (χ0n) is 12.3. The molecule has 0 aliphatic carbocycles. The van der Waals surface area contributed by atoms with Crippen molar-refractivity contribution in [3.63, 3.8) is 0 Å². The van der Waals surface area contributed by atoms with Gasteiger partial charge < -0.3 is 9.47 Å². The van der Waals surface area contributed by atoms with E-state index in [0.29, 0.717) is 16.5 Å². The molecule has 0 amide bonds. The Hall–Kier alpha value is -1.47. The van der Waals surface area contributed by atoms with Crippen LogP contribution in [0.15, 0.2) is 47.4 Å². The molecule has 2 aromatic rings. The Balaban J connectivity index is 1.96. The summed E-state index contributed by atoms with van der Waals surface area (Å²) in [6, 6.07) is 11.4. The Bertz CT molecular complexity index is 781. The largest absolute Gasteiger partial charge is 0.493 e. The van der Waals surface area contributed by atoms with Crippen molar-refractivity contribution in [1.29, 1.82) is 0 Å². The fourth-order valence-electron chi connectivity index (χ4n) is 1.84. The van der Waals surface area contributed by atoms with Gasteiger partial charge in [-0.2, -0.15) is 0 Å². The molecule has 23 heavy (non-hydrogen) atoms. The molecule has 5 nitrogen and oxygen atoms in total. The van der Waals surface area contributed by atoms with Crippen LogP contribution >= 0.6 is 23.2 Å². The summed E-state index contributed by atoms with van der Waals surface area (Å²) in [5.74, 6) is 1.11. The lowest BCUT2D eigenvalue weighted by Gasteiger charge is -2.11. The highest BCUT2D eigenvalue weighted by Crippen LogP contribution is 2.26. The fourth-order valence-corrected chi connectivity index (χ4v) is 3.61. The minimum Gasteiger partial charge on any atom is -0.493 e. The van der Waals surface area contributed by atoms with Gasteiger partial charge in [-0.25, -0.2) is 13.1 Å². The molecule has 2 aromatic carbocycles. The number of sulfonamides is 1. The first kappa shape index (κ1) is 17.9. The normalized spacial score (nSPS) is 11.3. The monoisotopic (exact) mass is 375 g/mol.